The Morgan fingerprint density at radius 3 is 2.64 bits per heavy atom. The average molecular weight is 301 g/mol. The number of carboxylic acids is 1. The summed E-state index contributed by atoms with van der Waals surface area (Å²) >= 11 is 0. The van der Waals surface area contributed by atoms with Crippen LogP contribution in [0.1, 0.15) is 12.5 Å². The number of carbonyl (C=O) groups is 2. The SMILES string of the molecule is C[C@@H](NC(=O)C(Cc1ccccc1)Cn1ccnc1)C(=O)O. The molecule has 0 aliphatic heterocycles. The minimum atomic E-state index is -1.05. The summed E-state index contributed by atoms with van der Waals surface area (Å²) in [7, 11) is 0. The number of carbonyl (C=O) groups excluding carboxylic acids is 1. The Balaban J connectivity index is 2.10. The van der Waals surface area contributed by atoms with E-state index in [1.54, 1.807) is 18.7 Å². The van der Waals surface area contributed by atoms with Crippen LogP contribution in [0.15, 0.2) is 49.1 Å². The third-order valence-electron chi connectivity index (χ3n) is 3.42. The number of nitrogens with zero attached hydrogens (tertiary/aromatic N) is 2. The number of hydrogen-bond acceptors (Lipinski definition) is 3. The summed E-state index contributed by atoms with van der Waals surface area (Å²) in [6.45, 7) is 1.91. The number of aliphatic carboxylic acids is 1. The van der Waals surface area contributed by atoms with Crippen molar-refractivity contribution in [3.63, 3.8) is 0 Å². The quantitative estimate of drug-likeness (QED) is 0.808. The Labute approximate surface area is 128 Å². The summed E-state index contributed by atoms with van der Waals surface area (Å²) in [5.41, 5.74) is 1.03. The highest BCUT2D eigenvalue weighted by Crippen LogP contribution is 2.12. The molecule has 1 unspecified atom stereocenters. The molecule has 0 spiro atoms. The van der Waals surface area contributed by atoms with Gasteiger partial charge < -0.3 is 15.0 Å². The van der Waals surface area contributed by atoms with Gasteiger partial charge in [0.1, 0.15) is 6.04 Å². The molecule has 2 atom stereocenters. The van der Waals surface area contributed by atoms with Gasteiger partial charge in [-0.2, -0.15) is 0 Å². The van der Waals surface area contributed by atoms with Crippen LogP contribution >= 0.6 is 0 Å². The standard InChI is InChI=1S/C16H19N3O3/c1-12(16(21)22)18-15(20)14(10-19-8-7-17-11-19)9-13-5-3-2-4-6-13/h2-8,11-12,14H,9-10H2,1H3,(H,18,20)(H,21,22)/t12-,14?/m1/s1. The van der Waals surface area contributed by atoms with Gasteiger partial charge in [0.25, 0.3) is 0 Å². The Bertz CT molecular complexity index is 611. The van der Waals surface area contributed by atoms with Crippen molar-refractivity contribution in [3.05, 3.63) is 54.6 Å². The molecular formula is C16H19N3O3. The monoisotopic (exact) mass is 301 g/mol. The summed E-state index contributed by atoms with van der Waals surface area (Å²) in [5.74, 6) is -1.68. The Morgan fingerprint density at radius 2 is 2.05 bits per heavy atom. The molecule has 0 radical (unpaired) electrons. The predicted octanol–water partition coefficient (Wildman–Crippen LogP) is 1.33. The van der Waals surface area contributed by atoms with Gasteiger partial charge in [0.05, 0.1) is 12.2 Å². The number of amides is 1. The highest BCUT2D eigenvalue weighted by Gasteiger charge is 2.23. The van der Waals surface area contributed by atoms with Crippen LogP contribution in [0.3, 0.4) is 0 Å². The zero-order chi connectivity index (χ0) is 15.9. The Kier molecular flexibility index (Phi) is 5.30. The first kappa shape index (κ1) is 15.8. The molecule has 0 saturated carbocycles. The molecule has 1 amide bonds. The average Bonchev–Trinajstić information content (AvgIpc) is 3.00. The van der Waals surface area contributed by atoms with Crippen LogP contribution in [0.2, 0.25) is 0 Å². The molecular weight excluding hydrogens is 282 g/mol. The largest absolute Gasteiger partial charge is 0.480 e. The van der Waals surface area contributed by atoms with E-state index in [1.807, 2.05) is 34.9 Å². The molecule has 2 aromatic rings. The van der Waals surface area contributed by atoms with E-state index >= 15 is 0 Å². The van der Waals surface area contributed by atoms with Crippen molar-refractivity contribution in [3.8, 4) is 0 Å². The summed E-state index contributed by atoms with van der Waals surface area (Å²) in [4.78, 5) is 27.3. The fourth-order valence-corrected chi connectivity index (χ4v) is 2.18. The third kappa shape index (κ3) is 4.44. The second-order valence-corrected chi connectivity index (χ2v) is 5.21. The van der Waals surface area contributed by atoms with Gasteiger partial charge in [-0.05, 0) is 18.9 Å². The van der Waals surface area contributed by atoms with E-state index in [0.29, 0.717) is 13.0 Å². The molecule has 2 N–H and O–H groups in total. The van der Waals surface area contributed by atoms with Crippen molar-refractivity contribution in [2.24, 2.45) is 5.92 Å². The van der Waals surface area contributed by atoms with Gasteiger partial charge in [0, 0.05) is 18.9 Å². The van der Waals surface area contributed by atoms with Crippen molar-refractivity contribution in [2.45, 2.75) is 25.9 Å². The molecule has 116 valence electrons. The number of benzene rings is 1. The maximum absolute atomic E-state index is 12.4. The highest BCUT2D eigenvalue weighted by atomic mass is 16.4. The molecule has 1 aromatic carbocycles. The Morgan fingerprint density at radius 1 is 1.32 bits per heavy atom. The molecule has 0 aliphatic rings. The van der Waals surface area contributed by atoms with Gasteiger partial charge >= 0.3 is 5.97 Å². The molecule has 6 nitrogen and oxygen atoms in total. The summed E-state index contributed by atoms with van der Waals surface area (Å²) < 4.78 is 1.82. The zero-order valence-corrected chi connectivity index (χ0v) is 12.3. The van der Waals surface area contributed by atoms with Crippen LogP contribution in [0.25, 0.3) is 0 Å². The van der Waals surface area contributed by atoms with E-state index in [4.69, 9.17) is 5.11 Å². The van der Waals surface area contributed by atoms with E-state index in [2.05, 4.69) is 10.3 Å². The van der Waals surface area contributed by atoms with Gasteiger partial charge in [-0.1, -0.05) is 30.3 Å². The van der Waals surface area contributed by atoms with E-state index in [1.165, 1.54) is 6.92 Å². The second kappa shape index (κ2) is 7.40. The third-order valence-corrected chi connectivity index (χ3v) is 3.42. The molecule has 6 heteroatoms. The van der Waals surface area contributed by atoms with Gasteiger partial charge in [-0.25, -0.2) is 4.98 Å². The first-order valence-electron chi connectivity index (χ1n) is 7.09. The van der Waals surface area contributed by atoms with E-state index in [0.717, 1.165) is 5.56 Å². The normalized spacial score (nSPS) is 13.3. The van der Waals surface area contributed by atoms with Crippen molar-refractivity contribution >= 4 is 11.9 Å². The van der Waals surface area contributed by atoms with E-state index < -0.39 is 12.0 Å². The number of carboxylic acid groups (broad SMARTS) is 1. The molecule has 0 fully saturated rings. The van der Waals surface area contributed by atoms with Crippen molar-refractivity contribution in [1.29, 1.82) is 0 Å². The van der Waals surface area contributed by atoms with Crippen LogP contribution in [0.4, 0.5) is 0 Å². The highest BCUT2D eigenvalue weighted by molar-refractivity contribution is 5.84. The maximum atomic E-state index is 12.4. The smallest absolute Gasteiger partial charge is 0.325 e. The molecule has 1 aromatic heterocycles. The molecule has 0 saturated heterocycles. The first-order valence-corrected chi connectivity index (χ1v) is 7.09. The van der Waals surface area contributed by atoms with Crippen LogP contribution in [0, 0.1) is 5.92 Å². The minimum Gasteiger partial charge on any atom is -0.480 e. The lowest BCUT2D eigenvalue weighted by molar-refractivity contribution is -0.142. The zero-order valence-electron chi connectivity index (χ0n) is 12.3. The molecule has 1 heterocycles. The number of aromatic nitrogens is 2. The number of nitrogens with one attached hydrogen (secondary N) is 1. The Hall–Kier alpha value is -2.63. The fourth-order valence-electron chi connectivity index (χ4n) is 2.18. The van der Waals surface area contributed by atoms with Crippen molar-refractivity contribution < 1.29 is 14.7 Å². The van der Waals surface area contributed by atoms with E-state index in [-0.39, 0.29) is 11.8 Å². The van der Waals surface area contributed by atoms with Crippen molar-refractivity contribution in [1.82, 2.24) is 14.9 Å². The lowest BCUT2D eigenvalue weighted by Gasteiger charge is -2.19. The van der Waals surface area contributed by atoms with Gasteiger partial charge in [-0.3, -0.25) is 9.59 Å². The van der Waals surface area contributed by atoms with Crippen LogP contribution < -0.4 is 5.32 Å². The topological polar surface area (TPSA) is 84.2 Å². The summed E-state index contributed by atoms with van der Waals surface area (Å²) in [5, 5.41) is 11.5. The number of imidazole rings is 1. The molecule has 0 aliphatic carbocycles. The van der Waals surface area contributed by atoms with E-state index in [9.17, 15) is 9.59 Å². The number of hydrogen-bond donors (Lipinski definition) is 2. The van der Waals surface area contributed by atoms with Gasteiger partial charge in [0.15, 0.2) is 0 Å². The predicted molar refractivity (Wildman–Crippen MR) is 81.1 cm³/mol. The minimum absolute atomic E-state index is 0.271. The molecule has 0 bridgehead atoms. The molecule has 2 rings (SSSR count). The summed E-state index contributed by atoms with van der Waals surface area (Å²) in [6, 6.07) is 8.75. The maximum Gasteiger partial charge on any atom is 0.325 e. The lowest BCUT2D eigenvalue weighted by atomic mass is 9.98. The van der Waals surface area contributed by atoms with Crippen LogP contribution in [-0.2, 0) is 22.6 Å². The fraction of sp³-hybridized carbons (Fsp3) is 0.312. The number of rotatable bonds is 7. The van der Waals surface area contributed by atoms with Gasteiger partial charge in [-0.15, -0.1) is 0 Å². The molecule has 22 heavy (non-hydrogen) atoms. The van der Waals surface area contributed by atoms with Crippen molar-refractivity contribution in [2.75, 3.05) is 0 Å². The summed E-state index contributed by atoms with van der Waals surface area (Å²) in [6.07, 6.45) is 5.62. The second-order valence-electron chi connectivity index (χ2n) is 5.21. The van der Waals surface area contributed by atoms with Crippen LogP contribution in [-0.4, -0.2) is 32.6 Å². The lowest BCUT2D eigenvalue weighted by Crippen LogP contribution is -2.43. The van der Waals surface area contributed by atoms with Crippen LogP contribution in [0.5, 0.6) is 0 Å². The first-order chi connectivity index (χ1) is 10.6. The van der Waals surface area contributed by atoms with Gasteiger partial charge in [0.2, 0.25) is 5.91 Å².